The highest BCUT2D eigenvalue weighted by Crippen LogP contribution is 2.31. The molecule has 126 valence electrons. The third-order valence-corrected chi connectivity index (χ3v) is 3.94. The van der Waals surface area contributed by atoms with Gasteiger partial charge in [-0.3, -0.25) is 0 Å². The van der Waals surface area contributed by atoms with E-state index in [2.05, 4.69) is 23.5 Å². The summed E-state index contributed by atoms with van der Waals surface area (Å²) in [5.74, 6) is 0.702. The highest BCUT2D eigenvalue weighted by atomic mass is 19.4. The highest BCUT2D eigenvalue weighted by Gasteiger charge is 2.30. The number of allylic oxidation sites excluding steroid dienone is 3. The first-order valence-electron chi connectivity index (χ1n) is 7.73. The first-order chi connectivity index (χ1) is 10.9. The number of nitrogens with one attached hydrogen (secondary N) is 1. The van der Waals surface area contributed by atoms with Gasteiger partial charge in [0.25, 0.3) is 0 Å². The van der Waals surface area contributed by atoms with Gasteiger partial charge in [0.2, 0.25) is 0 Å². The fourth-order valence-corrected chi connectivity index (χ4v) is 2.56. The van der Waals surface area contributed by atoms with Crippen LogP contribution in [-0.2, 0) is 6.18 Å². The van der Waals surface area contributed by atoms with Crippen molar-refractivity contribution < 1.29 is 17.9 Å². The molecule has 23 heavy (non-hydrogen) atoms. The van der Waals surface area contributed by atoms with Gasteiger partial charge in [0.1, 0.15) is 11.9 Å². The topological polar surface area (TPSA) is 21.3 Å². The van der Waals surface area contributed by atoms with Crippen molar-refractivity contribution in [3.8, 4) is 5.75 Å². The van der Waals surface area contributed by atoms with Gasteiger partial charge in [0.15, 0.2) is 0 Å². The summed E-state index contributed by atoms with van der Waals surface area (Å²) in [5, 5.41) is 3.09. The van der Waals surface area contributed by atoms with E-state index in [1.165, 1.54) is 17.7 Å². The summed E-state index contributed by atoms with van der Waals surface area (Å²) in [4.78, 5) is 0. The van der Waals surface area contributed by atoms with Crippen LogP contribution in [0.5, 0.6) is 5.75 Å². The van der Waals surface area contributed by atoms with Gasteiger partial charge >= 0.3 is 6.18 Å². The number of halogens is 3. The summed E-state index contributed by atoms with van der Waals surface area (Å²) in [5.41, 5.74) is 0.566. The fourth-order valence-electron chi connectivity index (χ4n) is 2.56. The second-order valence-corrected chi connectivity index (χ2v) is 5.78. The molecule has 2 atom stereocenters. The Bertz CT molecular complexity index is 561. The summed E-state index contributed by atoms with van der Waals surface area (Å²) in [6.45, 7) is 2.84. The lowest BCUT2D eigenvalue weighted by molar-refractivity contribution is -0.137. The van der Waals surface area contributed by atoms with Crippen molar-refractivity contribution in [2.75, 3.05) is 13.6 Å². The van der Waals surface area contributed by atoms with E-state index in [1.54, 1.807) is 0 Å². The Morgan fingerprint density at radius 1 is 1.26 bits per heavy atom. The van der Waals surface area contributed by atoms with E-state index in [1.807, 2.05) is 14.0 Å². The molecule has 1 aromatic carbocycles. The van der Waals surface area contributed by atoms with Gasteiger partial charge in [-0.25, -0.2) is 0 Å². The van der Waals surface area contributed by atoms with E-state index in [4.69, 9.17) is 4.74 Å². The average Bonchev–Trinajstić information content (AvgIpc) is 2.52. The van der Waals surface area contributed by atoms with Crippen LogP contribution in [0.15, 0.2) is 48.1 Å². The molecule has 2 nitrogen and oxygen atoms in total. The molecule has 1 N–H and O–H groups in total. The standard InChI is InChI=1S/C18H22F3NO/c1-13-3-5-14(6-4-13)17(11-12-22-2)23-16-9-7-15(8-10-16)18(19,20)21/h3-5,7-10,14,17,22H,6,11-12H2,1-2H3. The molecule has 5 heteroatoms. The van der Waals surface area contributed by atoms with Gasteiger partial charge in [0, 0.05) is 5.92 Å². The molecule has 0 aromatic heterocycles. The van der Waals surface area contributed by atoms with E-state index in [9.17, 15) is 13.2 Å². The maximum atomic E-state index is 12.6. The molecule has 2 rings (SSSR count). The first-order valence-corrected chi connectivity index (χ1v) is 7.73. The Balaban J connectivity index is 2.07. The van der Waals surface area contributed by atoms with Crippen LogP contribution in [0.25, 0.3) is 0 Å². The van der Waals surface area contributed by atoms with E-state index in [-0.39, 0.29) is 12.0 Å². The SMILES string of the molecule is CNCCC(Oc1ccc(C(F)(F)F)cc1)C1C=CC(C)=CC1. The predicted octanol–water partition coefficient (Wildman–Crippen LogP) is 4.58. The largest absolute Gasteiger partial charge is 0.490 e. The number of hydrogen-bond donors (Lipinski definition) is 1. The Morgan fingerprint density at radius 2 is 1.96 bits per heavy atom. The third-order valence-electron chi connectivity index (χ3n) is 3.94. The van der Waals surface area contributed by atoms with Crippen LogP contribution in [0.4, 0.5) is 13.2 Å². The zero-order valence-electron chi connectivity index (χ0n) is 13.4. The van der Waals surface area contributed by atoms with Crippen molar-refractivity contribution >= 4 is 0 Å². The molecule has 1 aromatic rings. The summed E-state index contributed by atoms with van der Waals surface area (Å²) in [6, 6.07) is 4.90. The molecule has 0 spiro atoms. The van der Waals surface area contributed by atoms with Crippen LogP contribution in [-0.4, -0.2) is 19.7 Å². The molecule has 2 unspecified atom stereocenters. The normalized spacial score (nSPS) is 19.3. The molecular formula is C18H22F3NO. The lowest BCUT2D eigenvalue weighted by Crippen LogP contribution is -2.30. The zero-order valence-corrected chi connectivity index (χ0v) is 13.4. The molecule has 1 aliphatic rings. The van der Waals surface area contributed by atoms with Crippen molar-refractivity contribution in [3.63, 3.8) is 0 Å². The Hall–Kier alpha value is -1.75. The number of ether oxygens (including phenoxy) is 1. The van der Waals surface area contributed by atoms with Crippen LogP contribution >= 0.6 is 0 Å². The second-order valence-electron chi connectivity index (χ2n) is 5.78. The van der Waals surface area contributed by atoms with E-state index in [0.29, 0.717) is 5.75 Å². The van der Waals surface area contributed by atoms with Gasteiger partial charge in [-0.05, 0) is 57.6 Å². The molecule has 0 fully saturated rings. The van der Waals surface area contributed by atoms with Crippen LogP contribution in [0, 0.1) is 5.92 Å². The van der Waals surface area contributed by atoms with Crippen molar-refractivity contribution in [1.82, 2.24) is 5.32 Å². The maximum Gasteiger partial charge on any atom is 0.416 e. The van der Waals surface area contributed by atoms with Gasteiger partial charge in [-0.1, -0.05) is 23.8 Å². The van der Waals surface area contributed by atoms with E-state index < -0.39 is 11.7 Å². The monoisotopic (exact) mass is 325 g/mol. The predicted molar refractivity (Wildman–Crippen MR) is 85.4 cm³/mol. The van der Waals surface area contributed by atoms with Crippen LogP contribution in [0.3, 0.4) is 0 Å². The molecule has 0 amide bonds. The van der Waals surface area contributed by atoms with Crippen molar-refractivity contribution in [3.05, 3.63) is 53.6 Å². The van der Waals surface area contributed by atoms with Gasteiger partial charge in [-0.2, -0.15) is 13.2 Å². The molecule has 0 saturated carbocycles. The van der Waals surface area contributed by atoms with Crippen molar-refractivity contribution in [2.45, 2.75) is 32.0 Å². The molecule has 0 bridgehead atoms. The van der Waals surface area contributed by atoms with Gasteiger partial charge in [0.05, 0.1) is 5.56 Å². The number of benzene rings is 1. The van der Waals surface area contributed by atoms with Gasteiger partial charge in [-0.15, -0.1) is 0 Å². The lowest BCUT2D eigenvalue weighted by atomic mass is 9.90. The Morgan fingerprint density at radius 3 is 2.48 bits per heavy atom. The van der Waals surface area contributed by atoms with E-state index in [0.717, 1.165) is 31.5 Å². The maximum absolute atomic E-state index is 12.6. The Kier molecular flexibility index (Phi) is 5.88. The van der Waals surface area contributed by atoms with Crippen LogP contribution in [0.1, 0.15) is 25.3 Å². The Labute approximate surface area is 135 Å². The minimum absolute atomic E-state index is 0.0696. The quantitative estimate of drug-likeness (QED) is 0.826. The number of rotatable bonds is 6. The minimum Gasteiger partial charge on any atom is -0.490 e. The molecule has 0 saturated heterocycles. The van der Waals surface area contributed by atoms with Crippen molar-refractivity contribution in [1.29, 1.82) is 0 Å². The van der Waals surface area contributed by atoms with Crippen molar-refractivity contribution in [2.24, 2.45) is 5.92 Å². The fraction of sp³-hybridized carbons (Fsp3) is 0.444. The van der Waals surface area contributed by atoms with Crippen LogP contribution < -0.4 is 10.1 Å². The molecule has 0 heterocycles. The summed E-state index contributed by atoms with van der Waals surface area (Å²) >= 11 is 0. The average molecular weight is 325 g/mol. The summed E-state index contributed by atoms with van der Waals surface area (Å²) in [6.07, 6.45) is 3.64. The first kappa shape index (κ1) is 17.6. The third kappa shape index (κ3) is 5.13. The summed E-state index contributed by atoms with van der Waals surface area (Å²) < 4.78 is 43.8. The summed E-state index contributed by atoms with van der Waals surface area (Å²) in [7, 11) is 1.87. The molecule has 1 aliphatic carbocycles. The minimum atomic E-state index is -4.32. The number of alkyl halides is 3. The van der Waals surface area contributed by atoms with Gasteiger partial charge < -0.3 is 10.1 Å². The molecule has 0 aliphatic heterocycles. The number of hydrogen-bond acceptors (Lipinski definition) is 2. The molecular weight excluding hydrogens is 303 g/mol. The smallest absolute Gasteiger partial charge is 0.416 e. The lowest BCUT2D eigenvalue weighted by Gasteiger charge is -2.27. The van der Waals surface area contributed by atoms with Crippen LogP contribution in [0.2, 0.25) is 0 Å². The van der Waals surface area contributed by atoms with E-state index >= 15 is 0 Å². The zero-order chi connectivity index (χ0) is 16.9. The highest BCUT2D eigenvalue weighted by molar-refractivity contribution is 5.29. The second kappa shape index (κ2) is 7.68. The molecule has 0 radical (unpaired) electrons.